The lowest BCUT2D eigenvalue weighted by atomic mass is 10.3. The largest absolute Gasteiger partial charge is 0.508 e. The van der Waals surface area contributed by atoms with Crippen LogP contribution in [0.5, 0.6) is 11.5 Å². The molecular weight excluding hydrogens is 258 g/mol. The van der Waals surface area contributed by atoms with Gasteiger partial charge in [-0.05, 0) is 31.9 Å². The van der Waals surface area contributed by atoms with Crippen molar-refractivity contribution >= 4 is 6.09 Å². The van der Waals surface area contributed by atoms with Crippen LogP contribution >= 0.6 is 0 Å². The van der Waals surface area contributed by atoms with E-state index in [4.69, 9.17) is 14.9 Å². The summed E-state index contributed by atoms with van der Waals surface area (Å²) in [5.74, 6) is 0.176. The van der Waals surface area contributed by atoms with Crippen LogP contribution in [0.2, 0.25) is 0 Å². The molecule has 20 heavy (non-hydrogen) atoms. The van der Waals surface area contributed by atoms with Gasteiger partial charge in [-0.3, -0.25) is 0 Å². The molecular formula is C15H25NO4. The molecule has 5 nitrogen and oxygen atoms in total. The van der Waals surface area contributed by atoms with Crippen LogP contribution in [0.15, 0.2) is 24.3 Å². The van der Waals surface area contributed by atoms with Crippen molar-refractivity contribution in [2.75, 3.05) is 19.7 Å². The van der Waals surface area contributed by atoms with Crippen LogP contribution in [0.4, 0.5) is 4.79 Å². The zero-order valence-electron chi connectivity index (χ0n) is 12.5. The quantitative estimate of drug-likeness (QED) is 0.869. The number of hydrogen-bond acceptors (Lipinski definition) is 4. The van der Waals surface area contributed by atoms with Gasteiger partial charge in [0, 0.05) is 19.2 Å². The van der Waals surface area contributed by atoms with Gasteiger partial charge in [0.2, 0.25) is 0 Å². The zero-order valence-corrected chi connectivity index (χ0v) is 12.5. The Morgan fingerprint density at radius 1 is 1.10 bits per heavy atom. The summed E-state index contributed by atoms with van der Waals surface area (Å²) in [6.07, 6.45) is 1.79. The maximum atomic E-state index is 11.2. The van der Waals surface area contributed by atoms with Crippen molar-refractivity contribution in [3.8, 4) is 11.5 Å². The Kier molecular flexibility index (Phi) is 9.92. The number of amides is 1. The maximum absolute atomic E-state index is 11.2. The van der Waals surface area contributed by atoms with Gasteiger partial charge in [0.1, 0.15) is 11.5 Å². The number of aromatic hydroxyl groups is 2. The minimum absolute atomic E-state index is 0.0880. The summed E-state index contributed by atoms with van der Waals surface area (Å²) < 4.78 is 4.90. The molecule has 0 saturated heterocycles. The fraction of sp³-hybridized carbons (Fsp3) is 0.533. The fourth-order valence-corrected chi connectivity index (χ4v) is 1.54. The standard InChI is InChI=1S/C9H19NO2.C6H6O2/c1-4-7-10(8-5-2)9(11)12-6-3;7-5-2-1-3-6(8)4-5/h4-8H2,1-3H3;1-4,7-8H. The summed E-state index contributed by atoms with van der Waals surface area (Å²) in [5.41, 5.74) is 0. The molecule has 5 heteroatoms. The van der Waals surface area contributed by atoms with E-state index in [2.05, 4.69) is 13.8 Å². The monoisotopic (exact) mass is 283 g/mol. The normalized spacial score (nSPS) is 9.35. The molecule has 0 saturated carbocycles. The summed E-state index contributed by atoms with van der Waals surface area (Å²) in [7, 11) is 0. The highest BCUT2D eigenvalue weighted by atomic mass is 16.6. The Morgan fingerprint density at radius 2 is 1.60 bits per heavy atom. The van der Waals surface area contributed by atoms with Gasteiger partial charge >= 0.3 is 6.09 Å². The molecule has 0 radical (unpaired) electrons. The lowest BCUT2D eigenvalue weighted by molar-refractivity contribution is 0.107. The van der Waals surface area contributed by atoms with Crippen molar-refractivity contribution in [2.24, 2.45) is 0 Å². The van der Waals surface area contributed by atoms with Crippen LogP contribution in [0.3, 0.4) is 0 Å². The van der Waals surface area contributed by atoms with Gasteiger partial charge in [-0.1, -0.05) is 19.9 Å². The van der Waals surface area contributed by atoms with Gasteiger partial charge < -0.3 is 19.8 Å². The molecule has 0 fully saturated rings. The summed E-state index contributed by atoms with van der Waals surface area (Å²) in [6, 6.07) is 5.85. The van der Waals surface area contributed by atoms with Crippen molar-refractivity contribution in [3.05, 3.63) is 24.3 Å². The molecule has 0 spiro atoms. The van der Waals surface area contributed by atoms with Crippen LogP contribution in [-0.4, -0.2) is 40.9 Å². The average molecular weight is 283 g/mol. The Hall–Kier alpha value is -1.91. The number of ether oxygens (including phenoxy) is 1. The molecule has 0 heterocycles. The predicted octanol–water partition coefficient (Wildman–Crippen LogP) is 3.36. The van der Waals surface area contributed by atoms with Crippen LogP contribution < -0.4 is 0 Å². The van der Waals surface area contributed by atoms with Crippen molar-refractivity contribution in [3.63, 3.8) is 0 Å². The first-order valence-electron chi connectivity index (χ1n) is 6.94. The molecule has 1 aromatic carbocycles. The SMILES string of the molecule is CCCN(CCC)C(=O)OCC.Oc1cccc(O)c1. The molecule has 0 aliphatic heterocycles. The highest BCUT2D eigenvalue weighted by molar-refractivity contribution is 5.67. The molecule has 0 atom stereocenters. The number of benzene rings is 1. The number of carbonyl (C=O) groups is 1. The van der Waals surface area contributed by atoms with Crippen molar-refractivity contribution < 1.29 is 19.7 Å². The Labute approximate surface area is 120 Å². The van der Waals surface area contributed by atoms with E-state index in [0.29, 0.717) is 6.61 Å². The summed E-state index contributed by atoms with van der Waals surface area (Å²) in [6.45, 7) is 8.00. The Morgan fingerprint density at radius 3 is 1.90 bits per heavy atom. The van der Waals surface area contributed by atoms with Crippen molar-refractivity contribution in [1.29, 1.82) is 0 Å². The van der Waals surface area contributed by atoms with Gasteiger partial charge in [0.05, 0.1) is 6.61 Å². The van der Waals surface area contributed by atoms with E-state index >= 15 is 0 Å². The molecule has 0 bridgehead atoms. The second-order valence-corrected chi connectivity index (χ2v) is 4.21. The van der Waals surface area contributed by atoms with E-state index in [9.17, 15) is 4.79 Å². The highest BCUT2D eigenvalue weighted by Crippen LogP contribution is 2.14. The number of carbonyl (C=O) groups excluding carboxylic acids is 1. The first kappa shape index (κ1) is 18.1. The minimum atomic E-state index is -0.179. The van der Waals surface area contributed by atoms with E-state index in [0.717, 1.165) is 25.9 Å². The van der Waals surface area contributed by atoms with Crippen LogP contribution in [0.25, 0.3) is 0 Å². The molecule has 114 valence electrons. The number of phenols is 2. The van der Waals surface area contributed by atoms with Gasteiger partial charge in [-0.15, -0.1) is 0 Å². The van der Waals surface area contributed by atoms with E-state index in [1.165, 1.54) is 18.2 Å². The van der Waals surface area contributed by atoms with Gasteiger partial charge in [0.25, 0.3) is 0 Å². The highest BCUT2D eigenvalue weighted by Gasteiger charge is 2.11. The molecule has 0 aliphatic rings. The summed E-state index contributed by atoms with van der Waals surface area (Å²) in [4.78, 5) is 13.0. The molecule has 1 amide bonds. The van der Waals surface area contributed by atoms with E-state index < -0.39 is 0 Å². The number of rotatable bonds is 5. The third-order valence-electron chi connectivity index (χ3n) is 2.34. The second kappa shape index (κ2) is 11.0. The predicted molar refractivity (Wildman–Crippen MR) is 78.9 cm³/mol. The third kappa shape index (κ3) is 8.24. The third-order valence-corrected chi connectivity index (χ3v) is 2.34. The molecule has 1 rings (SSSR count). The molecule has 0 aromatic heterocycles. The lowest BCUT2D eigenvalue weighted by Crippen LogP contribution is -2.32. The first-order valence-corrected chi connectivity index (χ1v) is 6.94. The van der Waals surface area contributed by atoms with Crippen LogP contribution in [-0.2, 0) is 4.74 Å². The van der Waals surface area contributed by atoms with Crippen molar-refractivity contribution in [1.82, 2.24) is 4.90 Å². The van der Waals surface area contributed by atoms with Crippen LogP contribution in [0.1, 0.15) is 33.6 Å². The Balaban J connectivity index is 0.000000388. The number of phenolic OH excluding ortho intramolecular Hbond substituents is 2. The van der Waals surface area contributed by atoms with Gasteiger partial charge in [-0.25, -0.2) is 4.79 Å². The van der Waals surface area contributed by atoms with Gasteiger partial charge in [-0.2, -0.15) is 0 Å². The zero-order chi connectivity index (χ0) is 15.4. The topological polar surface area (TPSA) is 70.0 Å². The van der Waals surface area contributed by atoms with E-state index in [-0.39, 0.29) is 17.6 Å². The number of nitrogens with zero attached hydrogens (tertiary/aromatic N) is 1. The second-order valence-electron chi connectivity index (χ2n) is 4.21. The first-order chi connectivity index (χ1) is 9.54. The van der Waals surface area contributed by atoms with E-state index in [1.807, 2.05) is 6.92 Å². The van der Waals surface area contributed by atoms with Gasteiger partial charge in [0.15, 0.2) is 0 Å². The molecule has 2 N–H and O–H groups in total. The number of hydrogen-bond donors (Lipinski definition) is 2. The smallest absolute Gasteiger partial charge is 0.409 e. The lowest BCUT2D eigenvalue weighted by Gasteiger charge is -2.19. The van der Waals surface area contributed by atoms with Crippen LogP contribution in [0, 0.1) is 0 Å². The summed E-state index contributed by atoms with van der Waals surface area (Å²) in [5, 5.41) is 17.3. The summed E-state index contributed by atoms with van der Waals surface area (Å²) >= 11 is 0. The fourth-order valence-electron chi connectivity index (χ4n) is 1.54. The molecule has 0 unspecified atom stereocenters. The average Bonchev–Trinajstić information content (AvgIpc) is 2.39. The minimum Gasteiger partial charge on any atom is -0.508 e. The Bertz CT molecular complexity index is 359. The van der Waals surface area contributed by atoms with E-state index in [1.54, 1.807) is 11.0 Å². The molecule has 0 aliphatic carbocycles. The van der Waals surface area contributed by atoms with Crippen molar-refractivity contribution in [2.45, 2.75) is 33.6 Å². The maximum Gasteiger partial charge on any atom is 0.409 e. The molecule has 1 aromatic rings.